The molecule has 1 aromatic heterocycles. The van der Waals surface area contributed by atoms with E-state index in [0.29, 0.717) is 0 Å². The largest absolute Gasteiger partial charge is 0.335 e. The van der Waals surface area contributed by atoms with Crippen LogP contribution in [-0.4, -0.2) is 22.6 Å². The normalized spacial score (nSPS) is 21.2. The van der Waals surface area contributed by atoms with Gasteiger partial charge in [0.1, 0.15) is 5.82 Å². The molecule has 1 aromatic rings. The summed E-state index contributed by atoms with van der Waals surface area (Å²) in [6.07, 6.45) is 10.4. The second kappa shape index (κ2) is 6.04. The third-order valence-corrected chi connectivity index (χ3v) is 3.45. The Labute approximate surface area is 98.3 Å². The van der Waals surface area contributed by atoms with E-state index >= 15 is 0 Å². The topological polar surface area (TPSA) is 29.9 Å². The number of aromatic nitrogens is 2. The van der Waals surface area contributed by atoms with E-state index in [0.717, 1.165) is 18.9 Å². The molecule has 1 aliphatic heterocycles. The third-order valence-electron chi connectivity index (χ3n) is 3.45. The maximum absolute atomic E-state index is 4.42. The van der Waals surface area contributed by atoms with Crippen molar-refractivity contribution in [3.05, 3.63) is 18.2 Å². The molecule has 0 spiro atoms. The summed E-state index contributed by atoms with van der Waals surface area (Å²) in [6.45, 7) is 5.77. The molecule has 3 heteroatoms. The van der Waals surface area contributed by atoms with E-state index < -0.39 is 0 Å². The molecule has 2 heterocycles. The average molecular weight is 221 g/mol. The van der Waals surface area contributed by atoms with Gasteiger partial charge < -0.3 is 9.88 Å². The lowest BCUT2D eigenvalue weighted by Gasteiger charge is -2.23. The van der Waals surface area contributed by atoms with Gasteiger partial charge in [0.25, 0.3) is 0 Å². The van der Waals surface area contributed by atoms with E-state index in [4.69, 9.17) is 0 Å². The molecule has 1 atom stereocenters. The van der Waals surface area contributed by atoms with Gasteiger partial charge in [0.15, 0.2) is 0 Å². The first-order valence-electron chi connectivity index (χ1n) is 6.61. The minimum absolute atomic E-state index is 0.866. The summed E-state index contributed by atoms with van der Waals surface area (Å²) in [5, 5.41) is 3.48. The fraction of sp³-hybridized carbons (Fsp3) is 0.769. The van der Waals surface area contributed by atoms with Gasteiger partial charge in [-0.05, 0) is 44.7 Å². The van der Waals surface area contributed by atoms with Crippen LogP contribution in [0.5, 0.6) is 0 Å². The van der Waals surface area contributed by atoms with Crippen molar-refractivity contribution in [3.63, 3.8) is 0 Å². The highest BCUT2D eigenvalue weighted by atomic mass is 15.1. The van der Waals surface area contributed by atoms with Crippen LogP contribution in [0.2, 0.25) is 0 Å². The zero-order valence-corrected chi connectivity index (χ0v) is 10.3. The highest BCUT2D eigenvalue weighted by molar-refractivity contribution is 4.92. The lowest BCUT2D eigenvalue weighted by molar-refractivity contribution is 0.340. The van der Waals surface area contributed by atoms with Crippen LogP contribution in [0.1, 0.15) is 38.4 Å². The standard InChI is InChI=1S/C13H23N3/c1-2-4-13-15-8-10-16(13)9-6-12-5-3-7-14-11-12/h8,10,12,14H,2-7,9,11H2,1H3. The second-order valence-electron chi connectivity index (χ2n) is 4.79. The molecular weight excluding hydrogens is 198 g/mol. The van der Waals surface area contributed by atoms with Gasteiger partial charge in [-0.3, -0.25) is 0 Å². The van der Waals surface area contributed by atoms with Crippen molar-refractivity contribution in [1.29, 1.82) is 0 Å². The molecule has 0 bridgehead atoms. The van der Waals surface area contributed by atoms with Crippen LogP contribution < -0.4 is 5.32 Å². The van der Waals surface area contributed by atoms with Crippen molar-refractivity contribution >= 4 is 0 Å². The molecule has 1 aliphatic rings. The van der Waals surface area contributed by atoms with Gasteiger partial charge in [-0.25, -0.2) is 4.98 Å². The van der Waals surface area contributed by atoms with Crippen LogP contribution in [0.15, 0.2) is 12.4 Å². The molecule has 0 aliphatic carbocycles. The number of piperidine rings is 1. The predicted octanol–water partition coefficient (Wildman–Crippen LogP) is 2.23. The Morgan fingerprint density at radius 3 is 3.25 bits per heavy atom. The van der Waals surface area contributed by atoms with Crippen LogP contribution in [0.25, 0.3) is 0 Å². The molecule has 0 radical (unpaired) electrons. The van der Waals surface area contributed by atoms with Crippen LogP contribution in [-0.2, 0) is 13.0 Å². The van der Waals surface area contributed by atoms with E-state index in [1.165, 1.54) is 44.6 Å². The smallest absolute Gasteiger partial charge is 0.108 e. The quantitative estimate of drug-likeness (QED) is 0.826. The Hall–Kier alpha value is -0.830. The van der Waals surface area contributed by atoms with Gasteiger partial charge in [-0.2, -0.15) is 0 Å². The van der Waals surface area contributed by atoms with Crippen LogP contribution >= 0.6 is 0 Å². The van der Waals surface area contributed by atoms with Gasteiger partial charge in [-0.1, -0.05) is 6.92 Å². The van der Waals surface area contributed by atoms with E-state index in [1.54, 1.807) is 0 Å². The number of imidazole rings is 1. The number of nitrogens with one attached hydrogen (secondary N) is 1. The SMILES string of the molecule is CCCc1nccn1CCC1CCCNC1. The maximum Gasteiger partial charge on any atom is 0.108 e. The van der Waals surface area contributed by atoms with Gasteiger partial charge in [0.2, 0.25) is 0 Å². The van der Waals surface area contributed by atoms with Crippen molar-refractivity contribution in [2.24, 2.45) is 5.92 Å². The summed E-state index contributed by atoms with van der Waals surface area (Å²) in [4.78, 5) is 4.42. The summed E-state index contributed by atoms with van der Waals surface area (Å²) in [5.74, 6) is 2.12. The summed E-state index contributed by atoms with van der Waals surface area (Å²) in [6, 6.07) is 0. The molecular formula is C13H23N3. The van der Waals surface area contributed by atoms with Crippen molar-refractivity contribution in [1.82, 2.24) is 14.9 Å². The van der Waals surface area contributed by atoms with Crippen LogP contribution in [0.4, 0.5) is 0 Å². The van der Waals surface area contributed by atoms with Crippen LogP contribution in [0, 0.1) is 5.92 Å². The fourth-order valence-corrected chi connectivity index (χ4v) is 2.49. The molecule has 1 N–H and O–H groups in total. The van der Waals surface area contributed by atoms with Gasteiger partial charge in [0.05, 0.1) is 0 Å². The van der Waals surface area contributed by atoms with Gasteiger partial charge in [0, 0.05) is 25.4 Å². The molecule has 1 saturated heterocycles. The number of rotatable bonds is 5. The molecule has 90 valence electrons. The molecule has 0 saturated carbocycles. The predicted molar refractivity (Wildman–Crippen MR) is 66.4 cm³/mol. The number of hydrogen-bond acceptors (Lipinski definition) is 2. The van der Waals surface area contributed by atoms with Crippen molar-refractivity contribution in [2.75, 3.05) is 13.1 Å². The first kappa shape index (κ1) is 11.6. The summed E-state index contributed by atoms with van der Waals surface area (Å²) < 4.78 is 2.33. The zero-order valence-electron chi connectivity index (χ0n) is 10.3. The monoisotopic (exact) mass is 221 g/mol. The minimum Gasteiger partial charge on any atom is -0.335 e. The lowest BCUT2D eigenvalue weighted by atomic mass is 9.96. The highest BCUT2D eigenvalue weighted by Gasteiger charge is 2.13. The average Bonchev–Trinajstić information content (AvgIpc) is 2.76. The second-order valence-corrected chi connectivity index (χ2v) is 4.79. The van der Waals surface area contributed by atoms with E-state index in [2.05, 4.69) is 28.0 Å². The molecule has 1 fully saturated rings. The van der Waals surface area contributed by atoms with Crippen LogP contribution in [0.3, 0.4) is 0 Å². The molecule has 3 nitrogen and oxygen atoms in total. The lowest BCUT2D eigenvalue weighted by Crippen LogP contribution is -2.30. The summed E-state index contributed by atoms with van der Waals surface area (Å²) >= 11 is 0. The van der Waals surface area contributed by atoms with Gasteiger partial charge >= 0.3 is 0 Å². The molecule has 0 amide bonds. The highest BCUT2D eigenvalue weighted by Crippen LogP contribution is 2.15. The number of hydrogen-bond donors (Lipinski definition) is 1. The Morgan fingerprint density at radius 1 is 1.56 bits per heavy atom. The zero-order chi connectivity index (χ0) is 11.2. The first-order chi connectivity index (χ1) is 7.90. The van der Waals surface area contributed by atoms with Crippen molar-refractivity contribution in [2.45, 2.75) is 45.6 Å². The fourth-order valence-electron chi connectivity index (χ4n) is 2.49. The third kappa shape index (κ3) is 3.08. The van der Waals surface area contributed by atoms with E-state index in [9.17, 15) is 0 Å². The molecule has 1 unspecified atom stereocenters. The Kier molecular flexibility index (Phi) is 4.40. The Bertz CT molecular complexity index is 300. The maximum atomic E-state index is 4.42. The number of aryl methyl sites for hydroxylation is 2. The van der Waals surface area contributed by atoms with Crippen molar-refractivity contribution < 1.29 is 0 Å². The molecule has 2 rings (SSSR count). The summed E-state index contributed by atoms with van der Waals surface area (Å²) in [5.41, 5.74) is 0. The van der Waals surface area contributed by atoms with E-state index in [-0.39, 0.29) is 0 Å². The Morgan fingerprint density at radius 2 is 2.50 bits per heavy atom. The van der Waals surface area contributed by atoms with Crippen molar-refractivity contribution in [3.8, 4) is 0 Å². The summed E-state index contributed by atoms with van der Waals surface area (Å²) in [7, 11) is 0. The first-order valence-corrected chi connectivity index (χ1v) is 6.61. The molecule has 16 heavy (non-hydrogen) atoms. The van der Waals surface area contributed by atoms with Gasteiger partial charge in [-0.15, -0.1) is 0 Å². The Balaban J connectivity index is 1.81. The van der Waals surface area contributed by atoms with E-state index in [1.807, 2.05) is 6.20 Å². The molecule has 0 aromatic carbocycles. The number of nitrogens with zero attached hydrogens (tertiary/aromatic N) is 2. The minimum atomic E-state index is 0.866.